The summed E-state index contributed by atoms with van der Waals surface area (Å²) >= 11 is 7.56. The second-order valence-corrected chi connectivity index (χ2v) is 9.31. The third-order valence-electron chi connectivity index (χ3n) is 5.35. The fourth-order valence-electron chi connectivity index (χ4n) is 3.97. The van der Waals surface area contributed by atoms with Crippen LogP contribution in [0.15, 0.2) is 66.2 Å². The van der Waals surface area contributed by atoms with Crippen LogP contribution in [0.5, 0.6) is 5.75 Å². The molecule has 1 heterocycles. The number of thiophene rings is 1. The second-order valence-electron chi connectivity index (χ2n) is 7.59. The average molecular weight is 483 g/mol. The number of fused-ring (bicyclic) bond motifs is 1. The molecule has 33 heavy (non-hydrogen) atoms. The zero-order valence-electron chi connectivity index (χ0n) is 18.5. The minimum Gasteiger partial charge on any atom is -0.494 e. The molecule has 0 unspecified atom stereocenters. The first-order chi connectivity index (χ1) is 16.0. The Morgan fingerprint density at radius 3 is 2.55 bits per heavy atom. The van der Waals surface area contributed by atoms with Crippen LogP contribution >= 0.6 is 22.9 Å². The van der Waals surface area contributed by atoms with Crippen molar-refractivity contribution in [2.24, 2.45) is 0 Å². The fraction of sp³-hybridized carbons (Fsp3) is 0.231. The lowest BCUT2D eigenvalue weighted by atomic mass is 10.0. The zero-order chi connectivity index (χ0) is 23.4. The number of ether oxygens (including phenoxy) is 2. The van der Waals surface area contributed by atoms with Crippen LogP contribution in [0.2, 0.25) is 4.34 Å². The number of aryl methyl sites for hydroxylation is 1. The van der Waals surface area contributed by atoms with Crippen LogP contribution in [0.1, 0.15) is 34.9 Å². The van der Waals surface area contributed by atoms with Crippen molar-refractivity contribution < 1.29 is 24.2 Å². The number of halogens is 1. The van der Waals surface area contributed by atoms with Crippen molar-refractivity contribution in [3.05, 3.63) is 92.1 Å². The van der Waals surface area contributed by atoms with Gasteiger partial charge >= 0.3 is 5.97 Å². The first kappa shape index (κ1) is 23.1. The Labute approximate surface area is 202 Å². The van der Waals surface area contributed by atoms with Gasteiger partial charge in [0.2, 0.25) is 0 Å². The molecule has 7 heteroatoms. The number of carbonyl (C=O) groups is 1. The molecule has 0 saturated heterocycles. The van der Waals surface area contributed by atoms with E-state index in [9.17, 15) is 10.0 Å². The predicted octanol–water partition coefficient (Wildman–Crippen LogP) is 5.61. The minimum atomic E-state index is -0.491. The maximum atomic E-state index is 13.0. The van der Waals surface area contributed by atoms with Crippen LogP contribution in [0.25, 0.3) is 5.57 Å². The van der Waals surface area contributed by atoms with E-state index in [1.807, 2.05) is 42.5 Å². The molecule has 1 aromatic heterocycles. The van der Waals surface area contributed by atoms with Crippen molar-refractivity contribution in [1.82, 2.24) is 0 Å². The highest BCUT2D eigenvalue weighted by Gasteiger charge is 2.41. The molecular formula is C26H25ClNO4S+. The summed E-state index contributed by atoms with van der Waals surface area (Å²) in [6.45, 7) is 2.55. The lowest BCUT2D eigenvalue weighted by Crippen LogP contribution is -2.22. The summed E-state index contributed by atoms with van der Waals surface area (Å²) in [6.07, 6.45) is 1.81. The highest BCUT2D eigenvalue weighted by molar-refractivity contribution is 7.17. The van der Waals surface area contributed by atoms with Crippen LogP contribution in [-0.2, 0) is 16.0 Å². The number of rotatable bonds is 8. The molecule has 0 radical (unpaired) electrons. The number of hydroxylamine groups is 1. The second kappa shape index (κ2) is 10.2. The summed E-state index contributed by atoms with van der Waals surface area (Å²) in [7, 11) is 1.50. The summed E-state index contributed by atoms with van der Waals surface area (Å²) in [5.74, 6) is 0.185. The van der Waals surface area contributed by atoms with Gasteiger partial charge in [-0.25, -0.2) is 4.79 Å². The van der Waals surface area contributed by atoms with E-state index in [0.29, 0.717) is 39.1 Å². The van der Waals surface area contributed by atoms with Gasteiger partial charge in [0.15, 0.2) is 7.05 Å². The topological polar surface area (TPSA) is 58.8 Å². The van der Waals surface area contributed by atoms with Crippen molar-refractivity contribution in [2.75, 3.05) is 20.3 Å². The summed E-state index contributed by atoms with van der Waals surface area (Å²) in [5.41, 5.74) is 4.21. The number of benzene rings is 2. The van der Waals surface area contributed by atoms with Crippen LogP contribution in [-0.4, -0.2) is 41.9 Å². The molecule has 5 nitrogen and oxygen atoms in total. The van der Waals surface area contributed by atoms with Crippen LogP contribution in [0.3, 0.4) is 0 Å². The molecule has 0 amide bonds. The first-order valence-electron chi connectivity index (χ1n) is 10.8. The molecule has 4 rings (SSSR count). The Hall–Kier alpha value is -3.09. The van der Waals surface area contributed by atoms with E-state index in [4.69, 9.17) is 21.1 Å². The molecular weight excluding hydrogens is 458 g/mol. The first-order valence-corrected chi connectivity index (χ1v) is 12.0. The zero-order valence-corrected chi connectivity index (χ0v) is 20.1. The number of hydrogen-bond donors (Lipinski definition) is 1. The third-order valence-corrected chi connectivity index (χ3v) is 6.60. The molecule has 1 aliphatic rings. The van der Waals surface area contributed by atoms with E-state index >= 15 is 0 Å². The number of esters is 1. The van der Waals surface area contributed by atoms with E-state index in [1.54, 1.807) is 13.0 Å². The lowest BCUT2D eigenvalue weighted by Gasteiger charge is -2.09. The van der Waals surface area contributed by atoms with Crippen LogP contribution in [0.4, 0.5) is 0 Å². The van der Waals surface area contributed by atoms with E-state index < -0.39 is 5.97 Å². The molecule has 170 valence electrons. The molecule has 0 spiro atoms. The van der Waals surface area contributed by atoms with Gasteiger partial charge in [0, 0.05) is 10.5 Å². The molecule has 0 bridgehead atoms. The van der Waals surface area contributed by atoms with E-state index in [-0.39, 0.29) is 6.61 Å². The SMILES string of the molecule is CCOC(=O)C1=C(c2ccc(Cl)s2)c2ccc(OCCCc3ccccc3)cc2C1=[N+](C)O. The summed E-state index contributed by atoms with van der Waals surface area (Å²) in [6, 6.07) is 19.6. The van der Waals surface area contributed by atoms with Crippen molar-refractivity contribution in [2.45, 2.75) is 19.8 Å². The lowest BCUT2D eigenvalue weighted by molar-refractivity contribution is -0.753. The maximum absolute atomic E-state index is 13.0. The summed E-state index contributed by atoms with van der Waals surface area (Å²) in [4.78, 5) is 13.8. The van der Waals surface area contributed by atoms with Gasteiger partial charge in [-0.05, 0) is 66.0 Å². The molecule has 0 aliphatic heterocycles. The largest absolute Gasteiger partial charge is 0.494 e. The maximum Gasteiger partial charge on any atom is 0.345 e. The van der Waals surface area contributed by atoms with Gasteiger partial charge in [-0.1, -0.05) is 41.9 Å². The minimum absolute atomic E-state index is 0.232. The quantitative estimate of drug-likeness (QED) is 0.149. The number of nitrogens with zero attached hydrogens (tertiary/aromatic N) is 1. The Balaban J connectivity index is 1.64. The highest BCUT2D eigenvalue weighted by Crippen LogP contribution is 2.42. The molecule has 0 atom stereocenters. The summed E-state index contributed by atoms with van der Waals surface area (Å²) < 4.78 is 12.9. The van der Waals surface area contributed by atoms with Crippen molar-refractivity contribution in [3.63, 3.8) is 0 Å². The highest BCUT2D eigenvalue weighted by atomic mass is 35.5. The molecule has 2 aromatic carbocycles. The predicted molar refractivity (Wildman–Crippen MR) is 131 cm³/mol. The van der Waals surface area contributed by atoms with Gasteiger partial charge in [0.1, 0.15) is 11.3 Å². The van der Waals surface area contributed by atoms with Gasteiger partial charge < -0.3 is 9.47 Å². The van der Waals surface area contributed by atoms with E-state index in [2.05, 4.69) is 12.1 Å². The molecule has 0 saturated carbocycles. The van der Waals surface area contributed by atoms with Gasteiger partial charge in [0.05, 0.1) is 23.1 Å². The van der Waals surface area contributed by atoms with Gasteiger partial charge in [0.25, 0.3) is 5.71 Å². The molecule has 0 fully saturated rings. The normalized spacial score (nSPS) is 14.3. The monoisotopic (exact) mass is 482 g/mol. The molecule has 1 N–H and O–H groups in total. The van der Waals surface area contributed by atoms with Gasteiger partial charge in [-0.2, -0.15) is 0 Å². The van der Waals surface area contributed by atoms with Crippen molar-refractivity contribution in [3.8, 4) is 5.75 Å². The summed E-state index contributed by atoms with van der Waals surface area (Å²) in [5, 5.41) is 10.5. The Bertz CT molecular complexity index is 1230. The molecule has 3 aromatic rings. The number of hydrogen-bond acceptors (Lipinski definition) is 5. The smallest absolute Gasteiger partial charge is 0.345 e. The van der Waals surface area contributed by atoms with E-state index in [1.165, 1.54) is 23.9 Å². The Morgan fingerprint density at radius 1 is 1.09 bits per heavy atom. The fourth-order valence-corrected chi connectivity index (χ4v) is 5.08. The Morgan fingerprint density at radius 2 is 1.88 bits per heavy atom. The third kappa shape index (κ3) is 4.97. The number of carbonyl (C=O) groups excluding carboxylic acids is 1. The van der Waals surface area contributed by atoms with Crippen molar-refractivity contribution >= 4 is 40.2 Å². The Kier molecular flexibility index (Phi) is 7.16. The van der Waals surface area contributed by atoms with Gasteiger partial charge in [-0.15, -0.1) is 11.3 Å². The van der Waals surface area contributed by atoms with Crippen molar-refractivity contribution in [1.29, 1.82) is 0 Å². The van der Waals surface area contributed by atoms with E-state index in [0.717, 1.165) is 28.0 Å². The average Bonchev–Trinajstić information content (AvgIpc) is 3.38. The van der Waals surface area contributed by atoms with Gasteiger partial charge in [-0.3, -0.25) is 5.21 Å². The standard InChI is InChI=1S/C26H25ClNO4S/c1-3-31-26(29)24-23(21-13-14-22(27)33-21)19-12-11-18(16-20(19)25(24)28(2)30)32-15-7-10-17-8-5-4-6-9-17/h4-6,8-9,11-14,16,30H,3,7,10,15H2,1-2H3/q+1. The molecule has 1 aliphatic carbocycles. The van der Waals surface area contributed by atoms with Crippen LogP contribution < -0.4 is 4.74 Å². The van der Waals surface area contributed by atoms with Crippen LogP contribution in [0, 0.1) is 0 Å².